The summed E-state index contributed by atoms with van der Waals surface area (Å²) in [6.45, 7) is 5.59. The van der Waals surface area contributed by atoms with Gasteiger partial charge >= 0.3 is 0 Å². The highest BCUT2D eigenvalue weighted by Crippen LogP contribution is 2.43. The van der Waals surface area contributed by atoms with Gasteiger partial charge in [0.05, 0.1) is 38.1 Å². The third-order valence-corrected chi connectivity index (χ3v) is 4.96. The molecule has 0 radical (unpaired) electrons. The van der Waals surface area contributed by atoms with Gasteiger partial charge in [-0.05, 0) is 45.0 Å². The zero-order valence-corrected chi connectivity index (χ0v) is 20.4. The Kier molecular flexibility index (Phi) is 9.74. The Morgan fingerprint density at radius 1 is 0.970 bits per heavy atom. The molecule has 1 atom stereocenters. The van der Waals surface area contributed by atoms with Crippen molar-refractivity contribution in [2.24, 2.45) is 10.2 Å². The van der Waals surface area contributed by atoms with Crippen LogP contribution in [0.3, 0.4) is 0 Å². The lowest BCUT2D eigenvalue weighted by Gasteiger charge is -2.16. The van der Waals surface area contributed by atoms with Crippen molar-refractivity contribution in [1.29, 1.82) is 0 Å². The molecule has 2 rings (SSSR count). The third-order valence-electron chi connectivity index (χ3n) is 4.28. The minimum absolute atomic E-state index is 0.121. The normalized spacial score (nSPS) is 11.7. The van der Waals surface area contributed by atoms with Gasteiger partial charge in [0.25, 0.3) is 5.91 Å². The van der Waals surface area contributed by atoms with Crippen molar-refractivity contribution in [1.82, 2.24) is 0 Å². The molecule has 2 aromatic carbocycles. The zero-order chi connectivity index (χ0) is 24.5. The number of azo groups is 1. The van der Waals surface area contributed by atoms with E-state index in [1.165, 1.54) is 27.2 Å². The molecule has 1 N–H and O–H groups in total. The summed E-state index contributed by atoms with van der Waals surface area (Å²) in [5.41, 5.74) is 0.349. The number of carbonyl (C=O) groups excluding carboxylic acids is 2. The lowest BCUT2D eigenvalue weighted by Crippen LogP contribution is -2.32. The van der Waals surface area contributed by atoms with Crippen LogP contribution in [0.15, 0.2) is 34.5 Å². The number of ketones is 1. The van der Waals surface area contributed by atoms with Crippen LogP contribution in [0.4, 0.5) is 11.4 Å². The van der Waals surface area contributed by atoms with E-state index in [2.05, 4.69) is 15.5 Å². The molecule has 0 heterocycles. The van der Waals surface area contributed by atoms with Crippen molar-refractivity contribution in [2.75, 3.05) is 32.8 Å². The van der Waals surface area contributed by atoms with E-state index in [-0.39, 0.29) is 32.9 Å². The standard InChI is InChI=1S/C22H25Cl2N3O6/c1-6-32-16-11-9-14(17(24)20(16)33-7-2)25-22(29)18(12(3)28)26-27-19-13(23)8-10-15(30-4)21(19)31-5/h8-11,18H,6-7H2,1-5H3,(H,25,29). The highest BCUT2D eigenvalue weighted by Gasteiger charge is 2.26. The monoisotopic (exact) mass is 497 g/mol. The first-order valence-corrected chi connectivity index (χ1v) is 10.7. The molecular formula is C22H25Cl2N3O6. The van der Waals surface area contributed by atoms with Gasteiger partial charge in [0.2, 0.25) is 6.04 Å². The van der Waals surface area contributed by atoms with E-state index in [0.717, 1.165) is 0 Å². The topological polar surface area (TPSA) is 108 Å². The predicted molar refractivity (Wildman–Crippen MR) is 126 cm³/mol. The summed E-state index contributed by atoms with van der Waals surface area (Å²) in [6.07, 6.45) is 0. The minimum atomic E-state index is -1.46. The van der Waals surface area contributed by atoms with Gasteiger partial charge in [-0.1, -0.05) is 23.2 Å². The summed E-state index contributed by atoms with van der Waals surface area (Å²) < 4.78 is 21.6. The maximum Gasteiger partial charge on any atom is 0.258 e. The maximum atomic E-state index is 12.9. The number of amides is 1. The van der Waals surface area contributed by atoms with Gasteiger partial charge in [0, 0.05) is 0 Å². The van der Waals surface area contributed by atoms with Gasteiger partial charge < -0.3 is 24.3 Å². The number of hydrogen-bond acceptors (Lipinski definition) is 8. The Bertz CT molecular complexity index is 1050. The van der Waals surface area contributed by atoms with E-state index in [4.69, 9.17) is 42.1 Å². The molecule has 0 aromatic heterocycles. The minimum Gasteiger partial charge on any atom is -0.493 e. The first kappa shape index (κ1) is 26.2. The molecule has 1 unspecified atom stereocenters. The summed E-state index contributed by atoms with van der Waals surface area (Å²) in [5, 5.41) is 10.8. The van der Waals surface area contributed by atoms with Crippen LogP contribution in [0.25, 0.3) is 0 Å². The fourth-order valence-electron chi connectivity index (χ4n) is 2.80. The summed E-state index contributed by atoms with van der Waals surface area (Å²) >= 11 is 12.6. The van der Waals surface area contributed by atoms with Crippen LogP contribution in [0.1, 0.15) is 20.8 Å². The van der Waals surface area contributed by atoms with E-state index < -0.39 is 17.7 Å². The van der Waals surface area contributed by atoms with Gasteiger partial charge in [-0.3, -0.25) is 9.59 Å². The van der Waals surface area contributed by atoms with Gasteiger partial charge in [0.1, 0.15) is 10.7 Å². The Morgan fingerprint density at radius 2 is 1.64 bits per heavy atom. The molecule has 0 bridgehead atoms. The lowest BCUT2D eigenvalue weighted by molar-refractivity contribution is -0.126. The van der Waals surface area contributed by atoms with Gasteiger partial charge in [-0.2, -0.15) is 5.11 Å². The highest BCUT2D eigenvalue weighted by molar-refractivity contribution is 6.35. The molecule has 1 amide bonds. The Hall–Kier alpha value is -3.04. The first-order chi connectivity index (χ1) is 15.8. The number of anilines is 1. The van der Waals surface area contributed by atoms with Crippen molar-refractivity contribution >= 4 is 46.3 Å². The Balaban J connectivity index is 2.36. The average molecular weight is 498 g/mol. The van der Waals surface area contributed by atoms with Crippen LogP contribution in [0.2, 0.25) is 10.0 Å². The number of hydrogen-bond donors (Lipinski definition) is 1. The van der Waals surface area contributed by atoms with Gasteiger partial charge in [-0.15, -0.1) is 5.11 Å². The summed E-state index contributed by atoms with van der Waals surface area (Å²) in [4.78, 5) is 25.0. The number of nitrogens with zero attached hydrogens (tertiary/aromatic N) is 2. The molecule has 0 saturated heterocycles. The highest BCUT2D eigenvalue weighted by atomic mass is 35.5. The quantitative estimate of drug-likeness (QED) is 0.324. The molecule has 178 valence electrons. The molecule has 0 aliphatic heterocycles. The molecule has 0 aliphatic rings. The summed E-state index contributed by atoms with van der Waals surface area (Å²) in [6, 6.07) is 4.83. The molecule has 2 aromatic rings. The summed E-state index contributed by atoms with van der Waals surface area (Å²) in [5.74, 6) is 0.0216. The molecule has 0 fully saturated rings. The van der Waals surface area contributed by atoms with Crippen LogP contribution < -0.4 is 24.3 Å². The van der Waals surface area contributed by atoms with Crippen LogP contribution in [-0.4, -0.2) is 45.2 Å². The number of rotatable bonds is 11. The number of halogens is 2. The number of nitrogens with one attached hydrogen (secondary N) is 1. The molecule has 0 spiro atoms. The van der Waals surface area contributed by atoms with Crippen molar-refractivity contribution in [2.45, 2.75) is 26.8 Å². The second kappa shape index (κ2) is 12.3. The van der Waals surface area contributed by atoms with Crippen molar-refractivity contribution in [3.8, 4) is 23.0 Å². The smallest absolute Gasteiger partial charge is 0.258 e. The van der Waals surface area contributed by atoms with Crippen LogP contribution in [0, 0.1) is 0 Å². The fourth-order valence-corrected chi connectivity index (χ4v) is 3.24. The second-order valence-electron chi connectivity index (χ2n) is 6.47. The van der Waals surface area contributed by atoms with Crippen molar-refractivity contribution in [3.63, 3.8) is 0 Å². The predicted octanol–water partition coefficient (Wildman–Crippen LogP) is 5.49. The SMILES string of the molecule is CCOc1ccc(NC(=O)C(N=Nc2c(Cl)ccc(OC)c2OC)C(C)=O)c(Cl)c1OCC. The number of Topliss-reactive ketones (excluding diaryl/α,β-unsaturated/α-hetero) is 1. The largest absolute Gasteiger partial charge is 0.493 e. The number of carbonyl (C=O) groups is 2. The van der Waals surface area contributed by atoms with E-state index >= 15 is 0 Å². The fraction of sp³-hybridized carbons (Fsp3) is 0.364. The maximum absolute atomic E-state index is 12.9. The third kappa shape index (κ3) is 6.27. The van der Waals surface area contributed by atoms with E-state index in [9.17, 15) is 9.59 Å². The van der Waals surface area contributed by atoms with Crippen LogP contribution in [0.5, 0.6) is 23.0 Å². The van der Waals surface area contributed by atoms with E-state index in [0.29, 0.717) is 24.7 Å². The molecule has 0 aliphatic carbocycles. The molecule has 0 saturated carbocycles. The van der Waals surface area contributed by atoms with E-state index in [1.54, 1.807) is 25.1 Å². The summed E-state index contributed by atoms with van der Waals surface area (Å²) in [7, 11) is 2.86. The number of ether oxygens (including phenoxy) is 4. The lowest BCUT2D eigenvalue weighted by atomic mass is 10.2. The Labute approximate surface area is 202 Å². The zero-order valence-electron chi connectivity index (χ0n) is 18.9. The molecular weight excluding hydrogens is 473 g/mol. The average Bonchev–Trinajstić information content (AvgIpc) is 2.78. The number of methoxy groups -OCH3 is 2. The first-order valence-electron chi connectivity index (χ1n) is 9.99. The van der Waals surface area contributed by atoms with Crippen LogP contribution in [-0.2, 0) is 9.59 Å². The Morgan fingerprint density at radius 3 is 2.21 bits per heavy atom. The van der Waals surface area contributed by atoms with Crippen molar-refractivity contribution in [3.05, 3.63) is 34.3 Å². The molecule has 33 heavy (non-hydrogen) atoms. The van der Waals surface area contributed by atoms with Gasteiger partial charge in [0.15, 0.2) is 28.8 Å². The molecule has 9 nitrogen and oxygen atoms in total. The second-order valence-corrected chi connectivity index (χ2v) is 7.25. The molecule has 11 heteroatoms. The van der Waals surface area contributed by atoms with E-state index in [1.807, 2.05) is 6.92 Å². The van der Waals surface area contributed by atoms with Crippen LogP contribution >= 0.6 is 23.2 Å². The van der Waals surface area contributed by atoms with Gasteiger partial charge in [-0.25, -0.2) is 0 Å². The number of benzene rings is 2. The van der Waals surface area contributed by atoms with Crippen molar-refractivity contribution < 1.29 is 28.5 Å².